The van der Waals surface area contributed by atoms with Crippen molar-refractivity contribution in [1.29, 1.82) is 5.26 Å². The highest BCUT2D eigenvalue weighted by atomic mass is 14.9. The number of hydrogen-bond acceptors (Lipinski definition) is 3. The van der Waals surface area contributed by atoms with Gasteiger partial charge in [0.15, 0.2) is 5.82 Å². The minimum Gasteiger partial charge on any atom is -0.228 e. The largest absolute Gasteiger partial charge is 0.228 e. The van der Waals surface area contributed by atoms with Crippen molar-refractivity contribution in [3.05, 3.63) is 204 Å². The molecular formula is C48H29N3. The smallest absolute Gasteiger partial charge is 0.160 e. The average molecular weight is 648 g/mol. The Morgan fingerprint density at radius 1 is 0.373 bits per heavy atom. The SMILES string of the molecule is N#Cc1ccc(-c2cc(-c3ccccc3)nc(-c3ccc4c(c3)C3(c5ccccc5-c5ccccc5-4)c4ccccc4-c4ccccc43)n2)cc1. The highest BCUT2D eigenvalue weighted by molar-refractivity contribution is 5.97. The molecule has 236 valence electrons. The number of rotatable bonds is 3. The van der Waals surface area contributed by atoms with Gasteiger partial charge in [-0.25, -0.2) is 9.97 Å². The molecule has 0 radical (unpaired) electrons. The molecule has 1 aromatic heterocycles. The van der Waals surface area contributed by atoms with Crippen LogP contribution >= 0.6 is 0 Å². The van der Waals surface area contributed by atoms with Crippen LogP contribution < -0.4 is 0 Å². The molecule has 0 unspecified atom stereocenters. The quantitative estimate of drug-likeness (QED) is 0.192. The second kappa shape index (κ2) is 11.3. The Balaban J connectivity index is 1.30. The molecule has 0 fully saturated rings. The molecular weight excluding hydrogens is 619 g/mol. The summed E-state index contributed by atoms with van der Waals surface area (Å²) < 4.78 is 0. The minimum atomic E-state index is -0.582. The highest BCUT2D eigenvalue weighted by Gasteiger charge is 2.49. The van der Waals surface area contributed by atoms with Crippen LogP contribution in [0.2, 0.25) is 0 Å². The van der Waals surface area contributed by atoms with Gasteiger partial charge in [-0.05, 0) is 79.9 Å². The standard InChI is InChI=1S/C48H29N3/c49-30-31-22-24-33(25-23-31)46-29-45(32-12-2-1-3-13-32)50-47(51-46)34-26-27-40-36-15-5-4-14-35(36)37-16-6-9-19-41(37)48(44(40)28-34)42-20-10-7-17-38(42)39-18-8-11-21-43(39)48/h1-29H. The van der Waals surface area contributed by atoms with Crippen LogP contribution in [0.1, 0.15) is 27.8 Å². The first-order chi connectivity index (χ1) is 25.2. The number of nitrogens with zero attached hydrogens (tertiary/aromatic N) is 3. The Morgan fingerprint density at radius 2 is 0.804 bits per heavy atom. The summed E-state index contributed by atoms with van der Waals surface area (Å²) in [5.74, 6) is 0.652. The fourth-order valence-corrected chi connectivity index (χ4v) is 8.38. The van der Waals surface area contributed by atoms with Gasteiger partial charge >= 0.3 is 0 Å². The van der Waals surface area contributed by atoms with Gasteiger partial charge in [-0.15, -0.1) is 0 Å². The van der Waals surface area contributed by atoms with E-state index in [0.717, 1.165) is 28.1 Å². The summed E-state index contributed by atoms with van der Waals surface area (Å²) in [5, 5.41) is 9.46. The van der Waals surface area contributed by atoms with Crippen molar-refractivity contribution in [2.75, 3.05) is 0 Å². The van der Waals surface area contributed by atoms with E-state index in [0.29, 0.717) is 11.4 Å². The lowest BCUT2D eigenvalue weighted by Gasteiger charge is -2.35. The number of fused-ring (bicyclic) bond motifs is 12. The molecule has 0 bridgehead atoms. The first-order valence-corrected chi connectivity index (χ1v) is 17.2. The van der Waals surface area contributed by atoms with E-state index in [1.165, 1.54) is 55.6 Å². The van der Waals surface area contributed by atoms with Crippen molar-refractivity contribution in [3.63, 3.8) is 0 Å². The van der Waals surface area contributed by atoms with Crippen LogP contribution in [-0.2, 0) is 5.41 Å². The average Bonchev–Trinajstić information content (AvgIpc) is 3.46. The first-order valence-electron chi connectivity index (χ1n) is 17.2. The van der Waals surface area contributed by atoms with Gasteiger partial charge in [0.1, 0.15) is 0 Å². The third kappa shape index (κ3) is 4.30. The Morgan fingerprint density at radius 3 is 1.35 bits per heavy atom. The zero-order chi connectivity index (χ0) is 33.9. The molecule has 7 aromatic carbocycles. The van der Waals surface area contributed by atoms with Gasteiger partial charge in [-0.3, -0.25) is 0 Å². The molecule has 1 spiro atoms. The van der Waals surface area contributed by atoms with Crippen molar-refractivity contribution < 1.29 is 0 Å². The number of benzene rings is 7. The van der Waals surface area contributed by atoms with Crippen LogP contribution in [0, 0.1) is 11.3 Å². The molecule has 0 N–H and O–H groups in total. The van der Waals surface area contributed by atoms with E-state index >= 15 is 0 Å². The molecule has 2 aliphatic rings. The zero-order valence-electron chi connectivity index (χ0n) is 27.6. The van der Waals surface area contributed by atoms with E-state index in [4.69, 9.17) is 9.97 Å². The van der Waals surface area contributed by atoms with Crippen LogP contribution in [0.25, 0.3) is 67.3 Å². The summed E-state index contributed by atoms with van der Waals surface area (Å²) in [7, 11) is 0. The molecule has 8 aromatic rings. The lowest BCUT2D eigenvalue weighted by atomic mass is 9.65. The van der Waals surface area contributed by atoms with E-state index in [9.17, 15) is 5.26 Å². The van der Waals surface area contributed by atoms with Crippen LogP contribution in [0.15, 0.2) is 176 Å². The van der Waals surface area contributed by atoms with Crippen molar-refractivity contribution in [2.45, 2.75) is 5.41 Å². The molecule has 0 saturated heterocycles. The van der Waals surface area contributed by atoms with Crippen LogP contribution in [-0.4, -0.2) is 9.97 Å². The summed E-state index contributed by atoms with van der Waals surface area (Å²) in [6.07, 6.45) is 0. The van der Waals surface area contributed by atoms with Gasteiger partial charge in [-0.1, -0.05) is 152 Å². The Labute approximate surface area is 296 Å². The second-order valence-electron chi connectivity index (χ2n) is 13.2. The van der Waals surface area contributed by atoms with Crippen molar-refractivity contribution >= 4 is 0 Å². The third-order valence-electron chi connectivity index (χ3n) is 10.6. The maximum absolute atomic E-state index is 9.46. The number of nitriles is 1. The number of hydrogen-bond donors (Lipinski definition) is 0. The van der Waals surface area contributed by atoms with Gasteiger partial charge in [0.2, 0.25) is 0 Å². The molecule has 10 rings (SSSR count). The van der Waals surface area contributed by atoms with Crippen molar-refractivity contribution in [1.82, 2.24) is 9.97 Å². The lowest BCUT2D eigenvalue weighted by molar-refractivity contribution is 0.775. The summed E-state index contributed by atoms with van der Waals surface area (Å²) >= 11 is 0. The molecule has 3 nitrogen and oxygen atoms in total. The van der Waals surface area contributed by atoms with Gasteiger partial charge in [0, 0.05) is 16.7 Å². The third-order valence-corrected chi connectivity index (χ3v) is 10.6. The summed E-state index contributed by atoms with van der Waals surface area (Å²) in [4.78, 5) is 10.5. The molecule has 1 heterocycles. The van der Waals surface area contributed by atoms with E-state index in [-0.39, 0.29) is 0 Å². The zero-order valence-corrected chi connectivity index (χ0v) is 27.6. The van der Waals surface area contributed by atoms with Gasteiger partial charge in [0.05, 0.1) is 28.4 Å². The van der Waals surface area contributed by atoms with Crippen LogP contribution in [0.4, 0.5) is 0 Å². The van der Waals surface area contributed by atoms with Crippen LogP contribution in [0.5, 0.6) is 0 Å². The molecule has 0 amide bonds. The monoisotopic (exact) mass is 647 g/mol. The maximum atomic E-state index is 9.46. The predicted molar refractivity (Wildman–Crippen MR) is 205 cm³/mol. The summed E-state index contributed by atoms with van der Waals surface area (Å²) in [5.41, 5.74) is 17.0. The lowest BCUT2D eigenvalue weighted by Crippen LogP contribution is -2.29. The maximum Gasteiger partial charge on any atom is 0.160 e. The molecule has 0 aliphatic heterocycles. The fraction of sp³-hybridized carbons (Fsp3) is 0.0208. The molecule has 0 atom stereocenters. The molecule has 2 aliphatic carbocycles. The van der Waals surface area contributed by atoms with Crippen molar-refractivity contribution in [3.8, 4) is 73.4 Å². The Hall–Kier alpha value is -6.89. The molecule has 51 heavy (non-hydrogen) atoms. The highest BCUT2D eigenvalue weighted by Crippen LogP contribution is 2.61. The van der Waals surface area contributed by atoms with E-state index < -0.39 is 5.41 Å². The first kappa shape index (κ1) is 29.1. The van der Waals surface area contributed by atoms with Crippen molar-refractivity contribution in [2.24, 2.45) is 0 Å². The fourth-order valence-electron chi connectivity index (χ4n) is 8.38. The normalized spacial score (nSPS) is 12.8. The second-order valence-corrected chi connectivity index (χ2v) is 13.2. The van der Waals surface area contributed by atoms with E-state index in [1.54, 1.807) is 0 Å². The van der Waals surface area contributed by atoms with E-state index in [1.807, 2.05) is 48.5 Å². The van der Waals surface area contributed by atoms with Crippen LogP contribution in [0.3, 0.4) is 0 Å². The predicted octanol–water partition coefficient (Wildman–Crippen LogP) is 11.4. The summed E-state index contributed by atoms with van der Waals surface area (Å²) in [6, 6.07) is 64.5. The molecule has 0 saturated carbocycles. The van der Waals surface area contributed by atoms with Gasteiger partial charge < -0.3 is 0 Å². The topological polar surface area (TPSA) is 49.6 Å². The Kier molecular flexibility index (Phi) is 6.46. The minimum absolute atomic E-state index is 0.582. The Bertz CT molecular complexity index is 2660. The summed E-state index contributed by atoms with van der Waals surface area (Å²) in [6.45, 7) is 0. The van der Waals surface area contributed by atoms with Gasteiger partial charge in [0.25, 0.3) is 0 Å². The van der Waals surface area contributed by atoms with E-state index in [2.05, 4.69) is 133 Å². The molecule has 3 heteroatoms. The van der Waals surface area contributed by atoms with Gasteiger partial charge in [-0.2, -0.15) is 5.26 Å². The number of aromatic nitrogens is 2.